The minimum atomic E-state index is -1.56. The SMILES string of the molecule is C=C[Si](C)(C)O[SiH]1CCCCO1. The van der Waals surface area contributed by atoms with Crippen LogP contribution in [-0.4, -0.2) is 24.2 Å². The van der Waals surface area contributed by atoms with Crippen molar-refractivity contribution in [3.8, 4) is 0 Å². The van der Waals surface area contributed by atoms with E-state index in [0.717, 1.165) is 6.61 Å². The molecular formula is C8H18O2Si2. The van der Waals surface area contributed by atoms with Gasteiger partial charge in [-0.15, -0.1) is 6.58 Å². The molecule has 1 fully saturated rings. The van der Waals surface area contributed by atoms with Gasteiger partial charge in [-0.3, -0.25) is 0 Å². The van der Waals surface area contributed by atoms with Crippen LogP contribution < -0.4 is 0 Å². The summed E-state index contributed by atoms with van der Waals surface area (Å²) in [7, 11) is -2.84. The molecule has 70 valence electrons. The molecule has 0 bridgehead atoms. The van der Waals surface area contributed by atoms with Crippen molar-refractivity contribution in [2.24, 2.45) is 0 Å². The molecule has 0 saturated carbocycles. The average Bonchev–Trinajstić information content (AvgIpc) is 2.06. The molecule has 0 radical (unpaired) electrons. The van der Waals surface area contributed by atoms with Crippen LogP contribution in [0, 0.1) is 0 Å². The number of rotatable bonds is 3. The van der Waals surface area contributed by atoms with Crippen LogP contribution in [0.15, 0.2) is 12.3 Å². The van der Waals surface area contributed by atoms with Gasteiger partial charge in [-0.25, -0.2) is 0 Å². The zero-order chi connectivity index (χ0) is 9.03. The molecular weight excluding hydrogens is 184 g/mol. The molecule has 1 heterocycles. The lowest BCUT2D eigenvalue weighted by Gasteiger charge is -2.28. The van der Waals surface area contributed by atoms with Gasteiger partial charge in [0.2, 0.25) is 0 Å². The molecule has 12 heavy (non-hydrogen) atoms. The van der Waals surface area contributed by atoms with Crippen molar-refractivity contribution < 1.29 is 8.54 Å². The largest absolute Gasteiger partial charge is 0.435 e. The fourth-order valence-electron chi connectivity index (χ4n) is 1.19. The topological polar surface area (TPSA) is 18.5 Å². The van der Waals surface area contributed by atoms with Crippen molar-refractivity contribution in [1.29, 1.82) is 0 Å². The Hall–Kier alpha value is 0.0938. The first-order valence-electron chi connectivity index (χ1n) is 4.57. The van der Waals surface area contributed by atoms with E-state index in [2.05, 4.69) is 19.7 Å². The van der Waals surface area contributed by atoms with Gasteiger partial charge in [0, 0.05) is 6.61 Å². The summed E-state index contributed by atoms with van der Waals surface area (Å²) in [5.41, 5.74) is 1.98. The van der Waals surface area contributed by atoms with Crippen LogP contribution >= 0.6 is 0 Å². The fourth-order valence-corrected chi connectivity index (χ4v) is 6.25. The fraction of sp³-hybridized carbons (Fsp3) is 0.750. The molecule has 0 aromatic heterocycles. The van der Waals surface area contributed by atoms with Gasteiger partial charge in [-0.05, 0) is 32.0 Å². The Morgan fingerprint density at radius 1 is 1.50 bits per heavy atom. The predicted molar refractivity (Wildman–Crippen MR) is 55.9 cm³/mol. The highest BCUT2D eigenvalue weighted by molar-refractivity contribution is 6.81. The first-order chi connectivity index (χ1) is 5.64. The van der Waals surface area contributed by atoms with Gasteiger partial charge in [0.15, 0.2) is 8.32 Å². The minimum absolute atomic E-state index is 0.915. The van der Waals surface area contributed by atoms with Crippen LogP contribution in [0.2, 0.25) is 19.1 Å². The first kappa shape index (κ1) is 10.2. The molecule has 1 unspecified atom stereocenters. The van der Waals surface area contributed by atoms with Gasteiger partial charge in [0.05, 0.1) is 0 Å². The Balaban J connectivity index is 2.33. The summed E-state index contributed by atoms with van der Waals surface area (Å²) in [5.74, 6) is 0. The highest BCUT2D eigenvalue weighted by atomic mass is 28.4. The molecule has 1 aliphatic rings. The average molecular weight is 202 g/mol. The van der Waals surface area contributed by atoms with Gasteiger partial charge in [0.25, 0.3) is 0 Å². The van der Waals surface area contributed by atoms with E-state index in [0.29, 0.717) is 0 Å². The number of hydrogen-bond acceptors (Lipinski definition) is 2. The first-order valence-corrected chi connectivity index (χ1v) is 9.31. The molecule has 1 atom stereocenters. The van der Waals surface area contributed by atoms with Crippen molar-refractivity contribution in [3.63, 3.8) is 0 Å². The van der Waals surface area contributed by atoms with Crippen LogP contribution in [0.1, 0.15) is 12.8 Å². The number of hydrogen-bond donors (Lipinski definition) is 0. The van der Waals surface area contributed by atoms with E-state index in [-0.39, 0.29) is 0 Å². The molecule has 1 aliphatic heterocycles. The summed E-state index contributed by atoms with van der Waals surface area (Å²) >= 11 is 0. The summed E-state index contributed by atoms with van der Waals surface area (Å²) in [4.78, 5) is 0. The lowest BCUT2D eigenvalue weighted by Crippen LogP contribution is -2.39. The van der Waals surface area contributed by atoms with Crippen LogP contribution in [0.4, 0.5) is 0 Å². The third-order valence-electron chi connectivity index (χ3n) is 2.06. The molecule has 0 aliphatic carbocycles. The molecule has 0 aromatic rings. The Morgan fingerprint density at radius 2 is 2.25 bits per heavy atom. The highest BCUT2D eigenvalue weighted by Gasteiger charge is 2.26. The van der Waals surface area contributed by atoms with Gasteiger partial charge < -0.3 is 8.54 Å². The summed E-state index contributed by atoms with van der Waals surface area (Å²) in [6.45, 7) is 9.06. The predicted octanol–water partition coefficient (Wildman–Crippen LogP) is 1.96. The van der Waals surface area contributed by atoms with Crippen molar-refractivity contribution in [2.75, 3.05) is 6.61 Å². The second kappa shape index (κ2) is 4.36. The van der Waals surface area contributed by atoms with Crippen LogP contribution in [0.3, 0.4) is 0 Å². The Labute approximate surface area is 77.6 Å². The molecule has 1 rings (SSSR count). The minimum Gasteiger partial charge on any atom is -0.435 e. The van der Waals surface area contributed by atoms with Crippen LogP contribution in [0.5, 0.6) is 0 Å². The molecule has 4 heteroatoms. The zero-order valence-corrected chi connectivity index (χ0v) is 10.2. The Morgan fingerprint density at radius 3 is 2.75 bits per heavy atom. The molecule has 2 nitrogen and oxygen atoms in total. The van der Waals surface area contributed by atoms with Gasteiger partial charge >= 0.3 is 9.28 Å². The monoisotopic (exact) mass is 202 g/mol. The maximum absolute atomic E-state index is 5.97. The van der Waals surface area contributed by atoms with Crippen molar-refractivity contribution in [3.05, 3.63) is 12.3 Å². The summed E-state index contributed by atoms with van der Waals surface area (Å²) in [6.07, 6.45) is 2.50. The summed E-state index contributed by atoms with van der Waals surface area (Å²) in [5, 5.41) is 0. The van der Waals surface area contributed by atoms with Crippen LogP contribution in [0.25, 0.3) is 0 Å². The third-order valence-corrected chi connectivity index (χ3v) is 8.02. The lowest BCUT2D eigenvalue weighted by atomic mass is 10.4. The summed E-state index contributed by atoms with van der Waals surface area (Å²) < 4.78 is 11.6. The second-order valence-corrected chi connectivity index (χ2v) is 10.0. The van der Waals surface area contributed by atoms with E-state index in [1.165, 1.54) is 18.9 Å². The maximum atomic E-state index is 5.97. The molecule has 0 spiro atoms. The van der Waals surface area contributed by atoms with Gasteiger partial charge in [-0.1, -0.05) is 5.70 Å². The van der Waals surface area contributed by atoms with E-state index in [9.17, 15) is 0 Å². The summed E-state index contributed by atoms with van der Waals surface area (Å²) in [6, 6.07) is 1.18. The lowest BCUT2D eigenvalue weighted by molar-refractivity contribution is 0.236. The normalized spacial score (nSPS) is 25.3. The van der Waals surface area contributed by atoms with E-state index in [4.69, 9.17) is 8.54 Å². The zero-order valence-electron chi connectivity index (χ0n) is 8.01. The molecule has 0 amide bonds. The van der Waals surface area contributed by atoms with E-state index in [1.54, 1.807) is 0 Å². The smallest absolute Gasteiger partial charge is 0.311 e. The third kappa shape index (κ3) is 3.22. The van der Waals surface area contributed by atoms with Crippen molar-refractivity contribution in [2.45, 2.75) is 32.0 Å². The molecule has 1 saturated heterocycles. The van der Waals surface area contributed by atoms with Crippen molar-refractivity contribution >= 4 is 17.6 Å². The van der Waals surface area contributed by atoms with Crippen molar-refractivity contribution in [1.82, 2.24) is 0 Å². The van der Waals surface area contributed by atoms with Gasteiger partial charge in [-0.2, -0.15) is 0 Å². The van der Waals surface area contributed by atoms with Gasteiger partial charge in [0.1, 0.15) is 0 Å². The van der Waals surface area contributed by atoms with Crippen LogP contribution in [-0.2, 0) is 8.54 Å². The Kier molecular flexibility index (Phi) is 3.70. The standard InChI is InChI=1S/C8H18O2Si2/c1-4-12(2,3)10-11-8-6-5-7-9-11/h4,11H,1,5-8H2,2-3H3. The quantitative estimate of drug-likeness (QED) is 0.652. The molecule has 0 N–H and O–H groups in total. The highest BCUT2D eigenvalue weighted by Crippen LogP contribution is 2.16. The van der Waals surface area contributed by atoms with E-state index >= 15 is 0 Å². The van der Waals surface area contributed by atoms with E-state index < -0.39 is 17.6 Å². The second-order valence-electron chi connectivity index (χ2n) is 3.72. The van der Waals surface area contributed by atoms with E-state index in [1.807, 2.05) is 5.70 Å². The Bertz CT molecular complexity index is 153. The maximum Gasteiger partial charge on any atom is 0.311 e. The molecule has 0 aromatic carbocycles.